The molecule has 0 saturated heterocycles. The summed E-state index contributed by atoms with van der Waals surface area (Å²) in [6.07, 6.45) is 0. The third-order valence-corrected chi connectivity index (χ3v) is 10.3. The van der Waals surface area contributed by atoms with Crippen LogP contribution >= 0.6 is 0 Å². The summed E-state index contributed by atoms with van der Waals surface area (Å²) in [5, 5.41) is 7.75. The van der Waals surface area contributed by atoms with Gasteiger partial charge in [-0.2, -0.15) is 0 Å². The van der Waals surface area contributed by atoms with Gasteiger partial charge in [-0.1, -0.05) is 117 Å². The fourth-order valence-corrected chi connectivity index (χ4v) is 8.36. The van der Waals surface area contributed by atoms with Crippen molar-refractivity contribution in [1.82, 2.24) is 9.13 Å². The molecule has 1 aliphatic carbocycles. The van der Waals surface area contributed by atoms with Gasteiger partial charge < -0.3 is 9.13 Å². The average molecular weight is 575 g/mol. The summed E-state index contributed by atoms with van der Waals surface area (Å²) in [5.41, 5.74) is 12.8. The van der Waals surface area contributed by atoms with Gasteiger partial charge in [0.1, 0.15) is 0 Å². The van der Waals surface area contributed by atoms with Gasteiger partial charge in [0.05, 0.1) is 22.1 Å². The van der Waals surface area contributed by atoms with Crippen molar-refractivity contribution in [3.63, 3.8) is 0 Å². The molecule has 2 aromatic heterocycles. The Kier molecular flexibility index (Phi) is 4.82. The van der Waals surface area contributed by atoms with Crippen molar-refractivity contribution in [1.29, 1.82) is 0 Å². The van der Waals surface area contributed by atoms with E-state index in [1.807, 2.05) is 0 Å². The van der Waals surface area contributed by atoms with Crippen LogP contribution in [0.3, 0.4) is 0 Å². The van der Waals surface area contributed by atoms with E-state index in [4.69, 9.17) is 0 Å². The van der Waals surface area contributed by atoms with E-state index in [1.165, 1.54) is 88.0 Å². The zero-order valence-corrected chi connectivity index (χ0v) is 25.3. The Morgan fingerprint density at radius 2 is 1.09 bits per heavy atom. The Morgan fingerprint density at radius 3 is 1.91 bits per heavy atom. The summed E-state index contributed by atoms with van der Waals surface area (Å²) in [6.45, 7) is 4.79. The number of nitrogens with zero attached hydrogens (tertiary/aromatic N) is 2. The molecular formula is C43H30N2. The minimum atomic E-state index is -0.117. The highest BCUT2D eigenvalue weighted by molar-refractivity contribution is 6.21. The molecule has 2 heterocycles. The summed E-state index contributed by atoms with van der Waals surface area (Å²) in [4.78, 5) is 0. The Hall–Kier alpha value is -5.60. The normalized spacial score (nSPS) is 13.7. The van der Waals surface area contributed by atoms with Crippen LogP contribution in [-0.2, 0) is 5.41 Å². The summed E-state index contributed by atoms with van der Waals surface area (Å²) < 4.78 is 4.92. The van der Waals surface area contributed by atoms with Gasteiger partial charge in [0.15, 0.2) is 0 Å². The SMILES string of the molecule is CC1(C)c2ccccc2-c2ccc3ccc4c5ccccc5n(-c5ccc6c(c5)c5ccccc5n6-c5ccccc5)c4c3c21. The molecule has 0 spiro atoms. The molecule has 2 nitrogen and oxygen atoms in total. The molecule has 0 N–H and O–H groups in total. The van der Waals surface area contributed by atoms with E-state index in [9.17, 15) is 0 Å². The van der Waals surface area contributed by atoms with Crippen molar-refractivity contribution in [2.75, 3.05) is 0 Å². The Labute approximate surface area is 261 Å². The van der Waals surface area contributed by atoms with Crippen molar-refractivity contribution >= 4 is 54.4 Å². The van der Waals surface area contributed by atoms with Gasteiger partial charge in [0.25, 0.3) is 0 Å². The number of hydrogen-bond donors (Lipinski definition) is 0. The predicted molar refractivity (Wildman–Crippen MR) is 190 cm³/mol. The lowest BCUT2D eigenvalue weighted by molar-refractivity contribution is 0.666. The van der Waals surface area contributed by atoms with Crippen LogP contribution in [0.15, 0.2) is 146 Å². The molecular weight excluding hydrogens is 544 g/mol. The second kappa shape index (κ2) is 8.74. The van der Waals surface area contributed by atoms with Crippen LogP contribution in [-0.4, -0.2) is 9.13 Å². The monoisotopic (exact) mass is 574 g/mol. The largest absolute Gasteiger partial charge is 0.309 e. The first-order chi connectivity index (χ1) is 22.1. The molecule has 212 valence electrons. The minimum absolute atomic E-state index is 0.117. The van der Waals surface area contributed by atoms with E-state index in [-0.39, 0.29) is 5.41 Å². The topological polar surface area (TPSA) is 9.86 Å². The molecule has 7 aromatic carbocycles. The second-order valence-electron chi connectivity index (χ2n) is 13.0. The fraction of sp³-hybridized carbons (Fsp3) is 0.0698. The molecule has 0 fully saturated rings. The van der Waals surface area contributed by atoms with Gasteiger partial charge in [0, 0.05) is 43.7 Å². The zero-order valence-electron chi connectivity index (χ0n) is 25.3. The minimum Gasteiger partial charge on any atom is -0.309 e. The van der Waals surface area contributed by atoms with Crippen LogP contribution in [0.4, 0.5) is 0 Å². The highest BCUT2D eigenvalue weighted by Crippen LogP contribution is 2.53. The van der Waals surface area contributed by atoms with E-state index in [0.717, 1.165) is 0 Å². The first-order valence-electron chi connectivity index (χ1n) is 15.8. The van der Waals surface area contributed by atoms with Gasteiger partial charge in [-0.3, -0.25) is 0 Å². The molecule has 0 aliphatic heterocycles. The van der Waals surface area contributed by atoms with Crippen LogP contribution in [0, 0.1) is 0 Å². The lowest BCUT2D eigenvalue weighted by Gasteiger charge is -2.24. The van der Waals surface area contributed by atoms with Crippen molar-refractivity contribution in [2.45, 2.75) is 19.3 Å². The number of benzene rings is 7. The molecule has 0 radical (unpaired) electrons. The molecule has 0 bridgehead atoms. The maximum Gasteiger partial charge on any atom is 0.0622 e. The second-order valence-corrected chi connectivity index (χ2v) is 13.0. The molecule has 1 aliphatic rings. The molecule has 9 aromatic rings. The van der Waals surface area contributed by atoms with E-state index in [2.05, 4.69) is 169 Å². The molecule has 0 amide bonds. The van der Waals surface area contributed by atoms with Gasteiger partial charge >= 0.3 is 0 Å². The predicted octanol–water partition coefficient (Wildman–Crippen LogP) is 11.3. The number of aromatic nitrogens is 2. The van der Waals surface area contributed by atoms with Crippen LogP contribution in [0.2, 0.25) is 0 Å². The zero-order chi connectivity index (χ0) is 29.9. The third kappa shape index (κ3) is 3.18. The smallest absolute Gasteiger partial charge is 0.0622 e. The van der Waals surface area contributed by atoms with Crippen molar-refractivity contribution < 1.29 is 0 Å². The summed E-state index contributed by atoms with van der Waals surface area (Å²) >= 11 is 0. The number of rotatable bonds is 2. The van der Waals surface area contributed by atoms with Crippen molar-refractivity contribution in [3.05, 3.63) is 157 Å². The fourth-order valence-electron chi connectivity index (χ4n) is 8.36. The molecule has 10 rings (SSSR count). The lowest BCUT2D eigenvalue weighted by Crippen LogP contribution is -2.15. The highest BCUT2D eigenvalue weighted by atomic mass is 15.0. The summed E-state index contributed by atoms with van der Waals surface area (Å²) in [5.74, 6) is 0. The van der Waals surface area contributed by atoms with E-state index in [0.29, 0.717) is 0 Å². The number of fused-ring (bicyclic) bond motifs is 12. The summed E-state index contributed by atoms with van der Waals surface area (Å²) in [7, 11) is 0. The maximum atomic E-state index is 2.53. The first-order valence-corrected chi connectivity index (χ1v) is 15.8. The average Bonchev–Trinajstić information content (AvgIpc) is 3.68. The van der Waals surface area contributed by atoms with Crippen molar-refractivity contribution in [3.8, 4) is 22.5 Å². The van der Waals surface area contributed by atoms with Gasteiger partial charge in [-0.05, 0) is 70.1 Å². The van der Waals surface area contributed by atoms with E-state index < -0.39 is 0 Å². The van der Waals surface area contributed by atoms with Crippen LogP contribution < -0.4 is 0 Å². The quantitative estimate of drug-likeness (QED) is 0.194. The molecule has 0 unspecified atom stereocenters. The molecule has 2 heteroatoms. The number of para-hydroxylation sites is 3. The Bertz CT molecular complexity index is 2670. The third-order valence-electron chi connectivity index (χ3n) is 10.3. The molecule has 0 atom stereocenters. The maximum absolute atomic E-state index is 2.53. The highest BCUT2D eigenvalue weighted by Gasteiger charge is 2.37. The Morgan fingerprint density at radius 1 is 0.444 bits per heavy atom. The van der Waals surface area contributed by atoms with Gasteiger partial charge in [0.2, 0.25) is 0 Å². The van der Waals surface area contributed by atoms with E-state index in [1.54, 1.807) is 0 Å². The summed E-state index contributed by atoms with van der Waals surface area (Å²) in [6, 6.07) is 53.7. The first kappa shape index (κ1) is 24.8. The van der Waals surface area contributed by atoms with Crippen LogP contribution in [0.5, 0.6) is 0 Å². The molecule has 45 heavy (non-hydrogen) atoms. The number of hydrogen-bond acceptors (Lipinski definition) is 0. The van der Waals surface area contributed by atoms with E-state index >= 15 is 0 Å². The molecule has 0 saturated carbocycles. The van der Waals surface area contributed by atoms with Crippen LogP contribution in [0.25, 0.3) is 76.9 Å². The standard InChI is InChI=1S/C43H30N2/c1-43(2)36-17-9-6-14-30(36)33-23-20-27-21-24-34-31-15-7-11-19-38(31)45(42(34)40(27)41(33)43)29-22-25-39-35(26-29)32-16-8-10-18-37(32)44(39)28-12-4-3-5-13-28/h3-26H,1-2H3. The van der Waals surface area contributed by atoms with Crippen molar-refractivity contribution in [2.24, 2.45) is 0 Å². The Balaban J connectivity index is 1.36. The lowest BCUT2D eigenvalue weighted by atomic mass is 9.80. The van der Waals surface area contributed by atoms with Gasteiger partial charge in [-0.15, -0.1) is 0 Å². The van der Waals surface area contributed by atoms with Crippen LogP contribution in [0.1, 0.15) is 25.0 Å². The van der Waals surface area contributed by atoms with Gasteiger partial charge in [-0.25, -0.2) is 0 Å².